The molecule has 0 aromatic carbocycles. The first-order chi connectivity index (χ1) is 6.91. The van der Waals surface area contributed by atoms with E-state index in [1.807, 2.05) is 0 Å². The predicted octanol–water partition coefficient (Wildman–Crippen LogP) is -1.75. The average Bonchev–Trinajstić information content (AvgIpc) is 2.10. The van der Waals surface area contributed by atoms with Gasteiger partial charge in [0.1, 0.15) is 0 Å². The van der Waals surface area contributed by atoms with Crippen molar-refractivity contribution in [3.8, 4) is 0 Å². The van der Waals surface area contributed by atoms with E-state index in [4.69, 9.17) is 5.73 Å². The molecular weight excluding hydrogens is 198 g/mol. The lowest BCUT2D eigenvalue weighted by molar-refractivity contribution is -0.137. The minimum absolute atomic E-state index is 0.0209. The molecular formula is C9H15N3O3. The van der Waals surface area contributed by atoms with Crippen LogP contribution in [0.4, 0.5) is 0 Å². The molecule has 1 saturated heterocycles. The van der Waals surface area contributed by atoms with Crippen molar-refractivity contribution < 1.29 is 14.4 Å². The maximum absolute atomic E-state index is 11.5. The Morgan fingerprint density at radius 3 is 2.60 bits per heavy atom. The van der Waals surface area contributed by atoms with Crippen molar-refractivity contribution >= 4 is 17.6 Å². The number of carbonyl (C=O) groups is 3. The van der Waals surface area contributed by atoms with Crippen molar-refractivity contribution in [2.45, 2.75) is 25.4 Å². The monoisotopic (exact) mass is 213 g/mol. The molecule has 0 aromatic heterocycles. The summed E-state index contributed by atoms with van der Waals surface area (Å²) in [4.78, 5) is 35.0. The number of hydrogen-bond acceptors (Lipinski definition) is 4. The second-order valence-corrected chi connectivity index (χ2v) is 3.80. The third-order valence-corrected chi connectivity index (χ3v) is 2.51. The van der Waals surface area contributed by atoms with Gasteiger partial charge in [0.2, 0.25) is 11.8 Å². The summed E-state index contributed by atoms with van der Waals surface area (Å²) >= 11 is 0. The quantitative estimate of drug-likeness (QED) is 0.581. The second-order valence-electron chi connectivity index (χ2n) is 3.80. The van der Waals surface area contributed by atoms with Crippen molar-refractivity contribution in [3.05, 3.63) is 0 Å². The van der Waals surface area contributed by atoms with Gasteiger partial charge in [0.25, 0.3) is 0 Å². The van der Waals surface area contributed by atoms with Crippen LogP contribution in [0.3, 0.4) is 0 Å². The number of piperazine rings is 1. The van der Waals surface area contributed by atoms with Crippen molar-refractivity contribution in [2.75, 3.05) is 13.6 Å². The third-order valence-electron chi connectivity index (χ3n) is 2.51. The number of nitrogens with one attached hydrogen (secondary N) is 1. The minimum atomic E-state index is -0.557. The molecule has 1 aliphatic rings. The van der Waals surface area contributed by atoms with E-state index in [1.165, 1.54) is 6.92 Å². The molecule has 0 saturated carbocycles. The smallest absolute Gasteiger partial charge is 0.238 e. The van der Waals surface area contributed by atoms with Gasteiger partial charge in [-0.2, -0.15) is 0 Å². The first kappa shape index (κ1) is 11.6. The molecule has 0 unspecified atom stereocenters. The van der Waals surface area contributed by atoms with Crippen LogP contribution in [-0.4, -0.2) is 48.2 Å². The summed E-state index contributed by atoms with van der Waals surface area (Å²) in [5.41, 5.74) is 5.03. The van der Waals surface area contributed by atoms with E-state index in [0.29, 0.717) is 6.54 Å². The molecule has 15 heavy (non-hydrogen) atoms. The van der Waals surface area contributed by atoms with Crippen molar-refractivity contribution in [1.29, 1.82) is 0 Å². The molecule has 1 fully saturated rings. The van der Waals surface area contributed by atoms with Gasteiger partial charge in [-0.3, -0.25) is 19.3 Å². The van der Waals surface area contributed by atoms with Crippen LogP contribution in [0.5, 0.6) is 0 Å². The number of nitrogens with two attached hydrogens (primary N) is 1. The van der Waals surface area contributed by atoms with Gasteiger partial charge in [0.05, 0.1) is 18.5 Å². The molecule has 1 aliphatic heterocycles. The summed E-state index contributed by atoms with van der Waals surface area (Å²) in [6, 6.07) is -1.04. The topological polar surface area (TPSA) is 92.5 Å². The van der Waals surface area contributed by atoms with Gasteiger partial charge in [-0.05, 0) is 14.0 Å². The van der Waals surface area contributed by atoms with Crippen LogP contribution in [0.25, 0.3) is 0 Å². The Hall–Kier alpha value is -1.43. The zero-order valence-electron chi connectivity index (χ0n) is 8.82. The van der Waals surface area contributed by atoms with Crippen LogP contribution in [0.2, 0.25) is 0 Å². The fraction of sp³-hybridized carbons (Fsp3) is 0.667. The molecule has 0 radical (unpaired) electrons. The van der Waals surface area contributed by atoms with Gasteiger partial charge in [-0.15, -0.1) is 0 Å². The van der Waals surface area contributed by atoms with Crippen LogP contribution in [-0.2, 0) is 14.4 Å². The highest BCUT2D eigenvalue weighted by atomic mass is 16.2. The van der Waals surface area contributed by atoms with E-state index in [2.05, 4.69) is 5.32 Å². The zero-order valence-corrected chi connectivity index (χ0v) is 8.82. The number of rotatable bonds is 3. The van der Waals surface area contributed by atoms with Crippen LogP contribution in [0.15, 0.2) is 0 Å². The van der Waals surface area contributed by atoms with Gasteiger partial charge < -0.3 is 11.1 Å². The fourth-order valence-corrected chi connectivity index (χ4v) is 1.60. The van der Waals surface area contributed by atoms with E-state index in [-0.39, 0.29) is 18.1 Å². The van der Waals surface area contributed by atoms with E-state index in [9.17, 15) is 14.4 Å². The largest absolute Gasteiger partial charge is 0.370 e. The molecule has 6 nitrogen and oxygen atoms in total. The predicted molar refractivity (Wildman–Crippen MR) is 52.8 cm³/mol. The maximum atomic E-state index is 11.5. The average molecular weight is 213 g/mol. The zero-order chi connectivity index (χ0) is 11.6. The van der Waals surface area contributed by atoms with Crippen LogP contribution in [0.1, 0.15) is 13.3 Å². The molecule has 3 N–H and O–H groups in total. The van der Waals surface area contributed by atoms with E-state index in [1.54, 1.807) is 11.9 Å². The van der Waals surface area contributed by atoms with Gasteiger partial charge in [-0.1, -0.05) is 0 Å². The molecule has 1 rings (SSSR count). The lowest BCUT2D eigenvalue weighted by Gasteiger charge is -2.35. The molecule has 6 heteroatoms. The number of likely N-dealkylation sites (N-methyl/N-ethyl adjacent to an activating group) is 1. The first-order valence-corrected chi connectivity index (χ1v) is 4.71. The van der Waals surface area contributed by atoms with Crippen LogP contribution < -0.4 is 11.1 Å². The summed E-state index contributed by atoms with van der Waals surface area (Å²) in [6.07, 6.45) is -0.0209. The highest BCUT2D eigenvalue weighted by Crippen LogP contribution is 2.09. The third kappa shape index (κ3) is 2.76. The number of nitrogens with zero attached hydrogens (tertiary/aromatic N) is 1. The molecule has 0 aromatic rings. The van der Waals surface area contributed by atoms with Crippen molar-refractivity contribution in [2.24, 2.45) is 5.73 Å². The van der Waals surface area contributed by atoms with Gasteiger partial charge in [0.15, 0.2) is 5.78 Å². The normalized spacial score (nSPS) is 27.2. The molecule has 0 aliphatic carbocycles. The Balaban J connectivity index is 2.68. The van der Waals surface area contributed by atoms with Crippen LogP contribution >= 0.6 is 0 Å². The number of amides is 2. The van der Waals surface area contributed by atoms with Gasteiger partial charge >= 0.3 is 0 Å². The Kier molecular flexibility index (Phi) is 3.41. The highest BCUT2D eigenvalue weighted by Gasteiger charge is 2.34. The number of carbonyl (C=O) groups excluding carboxylic acids is 3. The molecule has 2 amide bonds. The Labute approximate surface area is 87.8 Å². The molecule has 1 heterocycles. The lowest BCUT2D eigenvalue weighted by atomic mass is 10.0. The van der Waals surface area contributed by atoms with Gasteiger partial charge in [0, 0.05) is 6.54 Å². The number of hydrogen-bond donors (Lipinski definition) is 2. The number of Topliss-reactive ketones (excluding diaryl/α,β-unsaturated/α-hetero) is 1. The summed E-state index contributed by atoms with van der Waals surface area (Å²) in [7, 11) is 1.70. The van der Waals surface area contributed by atoms with Crippen molar-refractivity contribution in [1.82, 2.24) is 10.2 Å². The highest BCUT2D eigenvalue weighted by molar-refractivity contribution is 5.93. The maximum Gasteiger partial charge on any atom is 0.238 e. The second kappa shape index (κ2) is 4.39. The SMILES string of the molecule is CC(=O)[C@H]1CN(C)[C@@H](CC(N)=O)C(=O)N1. The molecule has 2 atom stereocenters. The molecule has 0 spiro atoms. The number of ketones is 1. The van der Waals surface area contributed by atoms with Crippen molar-refractivity contribution in [3.63, 3.8) is 0 Å². The fourth-order valence-electron chi connectivity index (χ4n) is 1.60. The Bertz CT molecular complexity index is 303. The van der Waals surface area contributed by atoms with E-state index in [0.717, 1.165) is 0 Å². The minimum Gasteiger partial charge on any atom is -0.370 e. The van der Waals surface area contributed by atoms with Gasteiger partial charge in [-0.25, -0.2) is 0 Å². The summed E-state index contributed by atoms with van der Waals surface area (Å²) in [6.45, 7) is 1.84. The Morgan fingerprint density at radius 1 is 1.60 bits per heavy atom. The first-order valence-electron chi connectivity index (χ1n) is 4.71. The standard InChI is InChI=1S/C9H15N3O3/c1-5(13)6-4-12(2)7(3-8(10)14)9(15)11-6/h6-7H,3-4H2,1-2H3,(H2,10,14)(H,11,15)/t6-,7+/m1/s1. The summed E-state index contributed by atoms with van der Waals surface area (Å²) in [5.74, 6) is -0.932. The molecule has 84 valence electrons. The summed E-state index contributed by atoms with van der Waals surface area (Å²) < 4.78 is 0. The lowest BCUT2D eigenvalue weighted by Crippen LogP contribution is -2.61. The van der Waals surface area contributed by atoms with E-state index >= 15 is 0 Å². The van der Waals surface area contributed by atoms with E-state index < -0.39 is 18.0 Å². The summed E-state index contributed by atoms with van der Waals surface area (Å²) in [5, 5.41) is 2.56. The molecule has 0 bridgehead atoms. The Morgan fingerprint density at radius 2 is 2.20 bits per heavy atom. The number of primary amides is 1. The van der Waals surface area contributed by atoms with Crippen LogP contribution in [0, 0.1) is 0 Å².